The van der Waals surface area contributed by atoms with Gasteiger partial charge in [0.15, 0.2) is 0 Å². The molecule has 1 unspecified atom stereocenters. The van der Waals surface area contributed by atoms with E-state index in [9.17, 15) is 5.11 Å². The summed E-state index contributed by atoms with van der Waals surface area (Å²) in [4.78, 5) is 2.77. The van der Waals surface area contributed by atoms with Crippen molar-refractivity contribution >= 4 is 0 Å². The van der Waals surface area contributed by atoms with Gasteiger partial charge in [0.05, 0.1) is 17.8 Å². The Bertz CT molecular complexity index is 1460. The molecule has 2 aliphatic heterocycles. The average Bonchev–Trinajstić information content (AvgIpc) is 3.49. The molecule has 2 aromatic rings. The first-order chi connectivity index (χ1) is 21.7. The highest BCUT2D eigenvalue weighted by atomic mass is 16.5. The third-order valence-corrected chi connectivity index (χ3v) is 13.6. The van der Waals surface area contributed by atoms with Crippen LogP contribution in [0.15, 0.2) is 77.4 Å². The first-order valence-electron chi connectivity index (χ1n) is 18.0. The summed E-state index contributed by atoms with van der Waals surface area (Å²) in [6.45, 7) is 12.1. The zero-order valence-corrected chi connectivity index (χ0v) is 27.9. The Kier molecular flexibility index (Phi) is 7.58. The molecule has 1 spiro atoms. The summed E-state index contributed by atoms with van der Waals surface area (Å²) in [5.74, 6) is 5.19. The highest BCUT2D eigenvalue weighted by Crippen LogP contribution is 2.64. The number of piperidine rings is 1. The van der Waals surface area contributed by atoms with Crippen LogP contribution in [0.2, 0.25) is 0 Å². The minimum atomic E-state index is -0.225. The number of fused-ring (bicyclic) bond motifs is 6. The zero-order chi connectivity index (χ0) is 30.9. The highest BCUT2D eigenvalue weighted by molar-refractivity contribution is 5.35. The van der Waals surface area contributed by atoms with E-state index in [0.717, 1.165) is 61.6 Å². The molecule has 8 rings (SSSR count). The van der Waals surface area contributed by atoms with E-state index in [2.05, 4.69) is 62.9 Å². The molecule has 2 saturated heterocycles. The van der Waals surface area contributed by atoms with Crippen molar-refractivity contribution in [2.24, 2.45) is 35.0 Å². The van der Waals surface area contributed by atoms with Crippen LogP contribution >= 0.6 is 0 Å². The largest absolute Gasteiger partial charge is 0.457 e. The summed E-state index contributed by atoms with van der Waals surface area (Å²) >= 11 is 0. The first kappa shape index (κ1) is 30.0. The smallest absolute Gasteiger partial charge is 0.127 e. The Morgan fingerprint density at radius 2 is 1.76 bits per heavy atom. The second-order valence-electron chi connectivity index (χ2n) is 16.2. The van der Waals surface area contributed by atoms with Crippen LogP contribution in [0.3, 0.4) is 0 Å². The molecule has 1 N–H and O–H groups in total. The van der Waals surface area contributed by atoms with E-state index >= 15 is 0 Å². The number of aliphatic hydroxyl groups excluding tert-OH is 1. The molecule has 2 heterocycles. The average molecular weight is 608 g/mol. The summed E-state index contributed by atoms with van der Waals surface area (Å²) in [6.07, 6.45) is 13.0. The van der Waals surface area contributed by atoms with E-state index in [-0.39, 0.29) is 17.1 Å². The van der Waals surface area contributed by atoms with E-state index in [4.69, 9.17) is 9.47 Å². The monoisotopic (exact) mass is 607 g/mol. The number of aliphatic hydroxyl groups is 1. The lowest BCUT2D eigenvalue weighted by atomic mass is 9.56. The molecule has 4 heteroatoms. The van der Waals surface area contributed by atoms with Crippen molar-refractivity contribution in [2.45, 2.75) is 116 Å². The Morgan fingerprint density at radius 3 is 2.56 bits per heavy atom. The predicted molar refractivity (Wildman–Crippen MR) is 180 cm³/mol. The van der Waals surface area contributed by atoms with Crippen LogP contribution in [0.1, 0.15) is 91.0 Å². The summed E-state index contributed by atoms with van der Waals surface area (Å²) < 4.78 is 13.4. The molecule has 10 atom stereocenters. The number of rotatable bonds is 4. The summed E-state index contributed by atoms with van der Waals surface area (Å²) in [7, 11) is 0. The van der Waals surface area contributed by atoms with E-state index in [0.29, 0.717) is 24.0 Å². The van der Waals surface area contributed by atoms with Gasteiger partial charge in [-0.05, 0) is 124 Å². The van der Waals surface area contributed by atoms with Crippen LogP contribution < -0.4 is 4.74 Å². The Hall–Kier alpha value is -2.40. The summed E-state index contributed by atoms with van der Waals surface area (Å²) in [5, 5.41) is 10.4. The van der Waals surface area contributed by atoms with Crippen LogP contribution in [0.25, 0.3) is 0 Å². The fourth-order valence-corrected chi connectivity index (χ4v) is 11.4. The second-order valence-corrected chi connectivity index (χ2v) is 16.2. The maximum absolute atomic E-state index is 10.4. The summed E-state index contributed by atoms with van der Waals surface area (Å²) in [6, 6.07) is 19.3. The van der Waals surface area contributed by atoms with Crippen LogP contribution in [-0.4, -0.2) is 40.4 Å². The molecule has 6 aliphatic rings. The number of likely N-dealkylation sites (tertiary alicyclic amines) is 1. The number of hydrogen-bond acceptors (Lipinski definition) is 4. The van der Waals surface area contributed by atoms with E-state index in [1.807, 2.05) is 30.3 Å². The van der Waals surface area contributed by atoms with Crippen molar-refractivity contribution in [3.63, 3.8) is 0 Å². The van der Waals surface area contributed by atoms with Crippen LogP contribution in [0.5, 0.6) is 11.5 Å². The quantitative estimate of drug-likeness (QED) is 0.352. The maximum atomic E-state index is 10.4. The van der Waals surface area contributed by atoms with Crippen LogP contribution in [0, 0.1) is 35.0 Å². The molecule has 2 aromatic carbocycles. The third-order valence-electron chi connectivity index (χ3n) is 13.6. The topological polar surface area (TPSA) is 41.9 Å². The molecule has 2 saturated carbocycles. The number of ether oxygens (including phenoxy) is 2. The van der Waals surface area contributed by atoms with Gasteiger partial charge in [-0.25, -0.2) is 0 Å². The van der Waals surface area contributed by atoms with E-state index in [1.165, 1.54) is 44.1 Å². The summed E-state index contributed by atoms with van der Waals surface area (Å²) in [5.41, 5.74) is 6.61. The molecule has 4 aliphatic carbocycles. The van der Waals surface area contributed by atoms with Gasteiger partial charge in [-0.3, -0.25) is 4.90 Å². The molecular weight excluding hydrogens is 554 g/mol. The molecule has 4 fully saturated rings. The predicted octanol–water partition coefficient (Wildman–Crippen LogP) is 9.10. The molecule has 45 heavy (non-hydrogen) atoms. The number of benzene rings is 2. The van der Waals surface area contributed by atoms with Gasteiger partial charge in [0.2, 0.25) is 0 Å². The van der Waals surface area contributed by atoms with Gasteiger partial charge in [0, 0.05) is 25.0 Å². The van der Waals surface area contributed by atoms with Crippen LogP contribution in [0.4, 0.5) is 0 Å². The standard InChI is InChI=1S/C41H53NO3/c1-26-20-38-39(42(24-26)25-29-10-13-33(14-11-29)44-32-8-6-5-7-9-32)28(3)41(45-38)19-17-34-35-15-12-30-21-31(43)16-18-40(30,4)37(35)22-36(34)27(2)23-41/h5-11,13-14,21,26,28,31,34-35,37-39,43H,12,15-20,22-25H2,1-4H3/t26-,28+,31-,34-,35-,37-,38+,39-,40-,41?/m0/s1. The second kappa shape index (κ2) is 11.4. The minimum absolute atomic E-state index is 0.0411. The normalized spacial score (nSPS) is 41.1. The van der Waals surface area contributed by atoms with E-state index in [1.54, 1.807) is 16.7 Å². The van der Waals surface area contributed by atoms with Crippen molar-refractivity contribution in [1.29, 1.82) is 0 Å². The lowest BCUT2D eigenvalue weighted by Crippen LogP contribution is -2.51. The highest BCUT2D eigenvalue weighted by Gasteiger charge is 2.59. The van der Waals surface area contributed by atoms with Crippen molar-refractivity contribution in [1.82, 2.24) is 4.90 Å². The fourth-order valence-electron chi connectivity index (χ4n) is 11.4. The molecule has 4 nitrogen and oxygen atoms in total. The van der Waals surface area contributed by atoms with Crippen molar-refractivity contribution < 1.29 is 14.6 Å². The molecule has 0 bridgehead atoms. The molecule has 0 amide bonds. The van der Waals surface area contributed by atoms with E-state index < -0.39 is 0 Å². The van der Waals surface area contributed by atoms with Gasteiger partial charge in [-0.15, -0.1) is 0 Å². The van der Waals surface area contributed by atoms with Crippen LogP contribution in [-0.2, 0) is 11.3 Å². The Balaban J connectivity index is 1.00. The molecule has 0 aromatic heterocycles. The van der Waals surface area contributed by atoms with Gasteiger partial charge >= 0.3 is 0 Å². The molecular formula is C41H53NO3. The van der Waals surface area contributed by atoms with Crippen molar-refractivity contribution in [2.75, 3.05) is 6.54 Å². The minimum Gasteiger partial charge on any atom is -0.457 e. The Labute approximate surface area is 270 Å². The maximum Gasteiger partial charge on any atom is 0.127 e. The lowest BCUT2D eigenvalue weighted by molar-refractivity contribution is -0.0799. The lowest BCUT2D eigenvalue weighted by Gasteiger charge is -2.49. The fraction of sp³-hybridized carbons (Fsp3) is 0.610. The number of nitrogens with zero attached hydrogens (tertiary/aromatic N) is 1. The SMILES string of the molecule is CC1=C2C[C@H]3[C@@H](CCC4=C[C@@H](O)CC[C@@]43C)[C@@H]2CCC2(C1)O[C@@H]1C[C@H](C)CN(Cc3ccc(Oc4ccccc4)cc3)[C@H]1[C@H]2C. The molecule has 0 radical (unpaired) electrons. The number of allylic oxidation sites excluding steroid dienone is 2. The Morgan fingerprint density at radius 1 is 0.978 bits per heavy atom. The van der Waals surface area contributed by atoms with Gasteiger partial charge in [0.25, 0.3) is 0 Å². The zero-order valence-electron chi connectivity index (χ0n) is 27.9. The van der Waals surface area contributed by atoms with Gasteiger partial charge < -0.3 is 14.6 Å². The van der Waals surface area contributed by atoms with Gasteiger partial charge in [-0.1, -0.05) is 73.9 Å². The van der Waals surface area contributed by atoms with Gasteiger partial charge in [0.1, 0.15) is 11.5 Å². The number of hydrogen-bond donors (Lipinski definition) is 1. The first-order valence-corrected chi connectivity index (χ1v) is 18.0. The van der Waals surface area contributed by atoms with Crippen molar-refractivity contribution in [3.8, 4) is 11.5 Å². The van der Waals surface area contributed by atoms with Crippen molar-refractivity contribution in [3.05, 3.63) is 83.0 Å². The third kappa shape index (κ3) is 5.15. The van der Waals surface area contributed by atoms with Gasteiger partial charge in [-0.2, -0.15) is 0 Å². The molecule has 240 valence electrons. The number of para-hydroxylation sites is 1.